The maximum Gasteiger partial charge on any atom is 0.122 e. The van der Waals surface area contributed by atoms with Crippen molar-refractivity contribution in [3.63, 3.8) is 0 Å². The zero-order valence-corrected chi connectivity index (χ0v) is 6.53. The van der Waals surface area contributed by atoms with Crippen LogP contribution in [0.15, 0.2) is 12.4 Å². The monoisotopic (exact) mass is 151 g/mol. The first-order valence-electron chi connectivity index (χ1n) is 4.10. The molecule has 1 fully saturated rings. The lowest BCUT2D eigenvalue weighted by atomic mass is 10.4. The van der Waals surface area contributed by atoms with Crippen molar-refractivity contribution in [2.24, 2.45) is 11.7 Å². The van der Waals surface area contributed by atoms with E-state index in [1.54, 1.807) is 0 Å². The molecule has 0 radical (unpaired) electrons. The molecule has 0 unspecified atom stereocenters. The van der Waals surface area contributed by atoms with E-state index in [1.807, 2.05) is 12.4 Å². The van der Waals surface area contributed by atoms with Crippen LogP contribution in [-0.4, -0.2) is 9.55 Å². The highest BCUT2D eigenvalue weighted by molar-refractivity contribution is 4.92. The summed E-state index contributed by atoms with van der Waals surface area (Å²) in [6.07, 6.45) is 6.59. The average molecular weight is 151 g/mol. The van der Waals surface area contributed by atoms with Crippen molar-refractivity contribution in [1.29, 1.82) is 0 Å². The molecule has 3 heteroatoms. The fraction of sp³-hybridized carbons (Fsp3) is 0.625. The van der Waals surface area contributed by atoms with Crippen LogP contribution in [0.5, 0.6) is 0 Å². The van der Waals surface area contributed by atoms with E-state index in [-0.39, 0.29) is 0 Å². The van der Waals surface area contributed by atoms with Crippen LogP contribution in [0, 0.1) is 5.92 Å². The predicted octanol–water partition coefficient (Wildman–Crippen LogP) is 0.752. The van der Waals surface area contributed by atoms with Crippen molar-refractivity contribution in [3.05, 3.63) is 18.2 Å². The van der Waals surface area contributed by atoms with Gasteiger partial charge in [0.1, 0.15) is 5.82 Å². The second kappa shape index (κ2) is 2.66. The maximum atomic E-state index is 5.51. The molecule has 1 aromatic rings. The topological polar surface area (TPSA) is 43.8 Å². The fourth-order valence-electron chi connectivity index (χ4n) is 1.27. The third kappa shape index (κ3) is 1.43. The third-order valence-corrected chi connectivity index (χ3v) is 2.14. The Morgan fingerprint density at radius 2 is 2.45 bits per heavy atom. The Morgan fingerprint density at radius 3 is 3.09 bits per heavy atom. The van der Waals surface area contributed by atoms with Crippen molar-refractivity contribution < 1.29 is 0 Å². The van der Waals surface area contributed by atoms with Crippen LogP contribution in [0.25, 0.3) is 0 Å². The van der Waals surface area contributed by atoms with Crippen LogP contribution in [0.4, 0.5) is 0 Å². The summed E-state index contributed by atoms with van der Waals surface area (Å²) in [4.78, 5) is 4.15. The van der Waals surface area contributed by atoms with Crippen molar-refractivity contribution in [2.75, 3.05) is 0 Å². The van der Waals surface area contributed by atoms with Crippen molar-refractivity contribution in [1.82, 2.24) is 9.55 Å². The molecule has 0 spiro atoms. The molecular weight excluding hydrogens is 138 g/mol. The van der Waals surface area contributed by atoms with Crippen LogP contribution >= 0.6 is 0 Å². The minimum absolute atomic E-state index is 0.555. The van der Waals surface area contributed by atoms with Gasteiger partial charge in [-0.15, -0.1) is 0 Å². The summed E-state index contributed by atoms with van der Waals surface area (Å²) in [5.41, 5.74) is 5.51. The summed E-state index contributed by atoms with van der Waals surface area (Å²) < 4.78 is 2.16. The summed E-state index contributed by atoms with van der Waals surface area (Å²) in [7, 11) is 0. The third-order valence-electron chi connectivity index (χ3n) is 2.14. The van der Waals surface area contributed by atoms with Gasteiger partial charge in [0.15, 0.2) is 0 Å². The van der Waals surface area contributed by atoms with E-state index in [0.717, 1.165) is 18.3 Å². The molecule has 2 rings (SSSR count). The lowest BCUT2D eigenvalue weighted by Gasteiger charge is -2.03. The molecule has 2 N–H and O–H groups in total. The van der Waals surface area contributed by atoms with Gasteiger partial charge in [-0.05, 0) is 18.8 Å². The molecule has 1 aliphatic rings. The Morgan fingerprint density at radius 1 is 1.64 bits per heavy atom. The number of hydrogen-bond acceptors (Lipinski definition) is 2. The van der Waals surface area contributed by atoms with Gasteiger partial charge in [-0.1, -0.05) is 0 Å². The van der Waals surface area contributed by atoms with Gasteiger partial charge in [0.2, 0.25) is 0 Å². The summed E-state index contributed by atoms with van der Waals surface area (Å²) in [6, 6.07) is 0. The SMILES string of the molecule is NCc1nccn1CC1CC1. The van der Waals surface area contributed by atoms with E-state index in [9.17, 15) is 0 Å². The quantitative estimate of drug-likeness (QED) is 0.692. The standard InChI is InChI=1S/C8H13N3/c9-5-8-10-3-4-11(8)6-7-1-2-7/h3-4,7H,1-2,5-6,9H2. The highest BCUT2D eigenvalue weighted by atomic mass is 15.1. The van der Waals surface area contributed by atoms with E-state index in [2.05, 4.69) is 9.55 Å². The molecule has 0 bridgehead atoms. The van der Waals surface area contributed by atoms with Gasteiger partial charge in [0.05, 0.1) is 6.54 Å². The summed E-state index contributed by atoms with van der Waals surface area (Å²) in [6.45, 7) is 1.67. The molecule has 0 saturated heterocycles. The lowest BCUT2D eigenvalue weighted by molar-refractivity contribution is 0.596. The predicted molar refractivity (Wildman–Crippen MR) is 42.8 cm³/mol. The van der Waals surface area contributed by atoms with Crippen LogP contribution in [0.1, 0.15) is 18.7 Å². The number of hydrogen-bond donors (Lipinski definition) is 1. The molecule has 1 saturated carbocycles. The minimum atomic E-state index is 0.555. The minimum Gasteiger partial charge on any atom is -0.334 e. The van der Waals surface area contributed by atoms with Gasteiger partial charge in [-0.2, -0.15) is 0 Å². The molecule has 0 aliphatic heterocycles. The van der Waals surface area contributed by atoms with Crippen molar-refractivity contribution in [2.45, 2.75) is 25.9 Å². The summed E-state index contributed by atoms with van der Waals surface area (Å²) >= 11 is 0. The summed E-state index contributed by atoms with van der Waals surface area (Å²) in [5.74, 6) is 1.91. The molecule has 60 valence electrons. The fourth-order valence-corrected chi connectivity index (χ4v) is 1.27. The normalized spacial score (nSPS) is 17.2. The first kappa shape index (κ1) is 6.85. The van der Waals surface area contributed by atoms with E-state index in [0.29, 0.717) is 6.54 Å². The highest BCUT2D eigenvalue weighted by Gasteiger charge is 2.22. The highest BCUT2D eigenvalue weighted by Crippen LogP contribution is 2.30. The lowest BCUT2D eigenvalue weighted by Crippen LogP contribution is -2.08. The van der Waals surface area contributed by atoms with Gasteiger partial charge in [0, 0.05) is 18.9 Å². The van der Waals surface area contributed by atoms with E-state index in [4.69, 9.17) is 5.73 Å². The number of nitrogens with zero attached hydrogens (tertiary/aromatic N) is 2. The Bertz CT molecular complexity index is 237. The van der Waals surface area contributed by atoms with Gasteiger partial charge in [-0.3, -0.25) is 0 Å². The number of rotatable bonds is 3. The Kier molecular flexibility index (Phi) is 1.66. The molecule has 3 nitrogen and oxygen atoms in total. The molecule has 0 amide bonds. The summed E-state index contributed by atoms with van der Waals surface area (Å²) in [5, 5.41) is 0. The Labute approximate surface area is 66.2 Å². The Hall–Kier alpha value is -0.830. The first-order chi connectivity index (χ1) is 5.40. The molecule has 0 aromatic carbocycles. The smallest absolute Gasteiger partial charge is 0.122 e. The van der Waals surface area contributed by atoms with E-state index >= 15 is 0 Å². The molecule has 0 atom stereocenters. The largest absolute Gasteiger partial charge is 0.334 e. The van der Waals surface area contributed by atoms with Crippen LogP contribution in [0.3, 0.4) is 0 Å². The van der Waals surface area contributed by atoms with Crippen LogP contribution in [-0.2, 0) is 13.1 Å². The molecule has 1 aliphatic carbocycles. The number of imidazole rings is 1. The van der Waals surface area contributed by atoms with Crippen LogP contribution < -0.4 is 5.73 Å². The van der Waals surface area contributed by atoms with Crippen LogP contribution in [0.2, 0.25) is 0 Å². The Balaban J connectivity index is 2.07. The number of aromatic nitrogens is 2. The number of nitrogens with two attached hydrogens (primary N) is 1. The van der Waals surface area contributed by atoms with Gasteiger partial charge >= 0.3 is 0 Å². The zero-order valence-electron chi connectivity index (χ0n) is 6.53. The maximum absolute atomic E-state index is 5.51. The van der Waals surface area contributed by atoms with Crippen molar-refractivity contribution >= 4 is 0 Å². The van der Waals surface area contributed by atoms with E-state index in [1.165, 1.54) is 12.8 Å². The molecule has 11 heavy (non-hydrogen) atoms. The second-order valence-electron chi connectivity index (χ2n) is 3.14. The van der Waals surface area contributed by atoms with Gasteiger partial charge < -0.3 is 10.3 Å². The van der Waals surface area contributed by atoms with Gasteiger partial charge in [0.25, 0.3) is 0 Å². The zero-order chi connectivity index (χ0) is 7.68. The molecule has 1 heterocycles. The van der Waals surface area contributed by atoms with E-state index < -0.39 is 0 Å². The van der Waals surface area contributed by atoms with Gasteiger partial charge in [-0.25, -0.2) is 4.98 Å². The molecule has 1 aromatic heterocycles. The average Bonchev–Trinajstić information content (AvgIpc) is 2.68. The first-order valence-corrected chi connectivity index (χ1v) is 4.10. The molecular formula is C8H13N3. The second-order valence-corrected chi connectivity index (χ2v) is 3.14. The van der Waals surface area contributed by atoms with Crippen molar-refractivity contribution in [3.8, 4) is 0 Å².